The van der Waals surface area contributed by atoms with Crippen LogP contribution in [0.3, 0.4) is 0 Å². The van der Waals surface area contributed by atoms with Crippen molar-refractivity contribution < 1.29 is 4.79 Å². The number of carbonyl (C=O) groups is 1. The highest BCUT2D eigenvalue weighted by molar-refractivity contribution is 8.01. The number of aryl methyl sites for hydroxylation is 1. The fourth-order valence-electron chi connectivity index (χ4n) is 1.53. The summed E-state index contributed by atoms with van der Waals surface area (Å²) in [6, 6.07) is 7.70. The number of carbonyl (C=O) groups excluding carboxylic acids is 1. The van der Waals surface area contributed by atoms with Gasteiger partial charge in [-0.3, -0.25) is 4.79 Å². The summed E-state index contributed by atoms with van der Waals surface area (Å²) in [6.45, 7) is 6.23. The lowest BCUT2D eigenvalue weighted by Crippen LogP contribution is -2.14. The molecule has 7 heteroatoms. The number of nitrogens with one attached hydrogen (secondary N) is 2. The van der Waals surface area contributed by atoms with Crippen molar-refractivity contribution in [2.75, 3.05) is 22.9 Å². The predicted octanol–water partition coefficient (Wildman–Crippen LogP) is 3.18. The van der Waals surface area contributed by atoms with Crippen LogP contribution in [-0.2, 0) is 4.79 Å². The number of thioether (sulfide) groups is 1. The van der Waals surface area contributed by atoms with Gasteiger partial charge in [0.25, 0.3) is 0 Å². The SMILES string of the molecule is C=CCNc1nnc(SCC(=O)Nc2ccccc2C)s1. The quantitative estimate of drug-likeness (QED) is 0.606. The van der Waals surface area contributed by atoms with Crippen LogP contribution >= 0.6 is 23.1 Å². The first-order valence-corrected chi connectivity index (χ1v) is 8.16. The Morgan fingerprint density at radius 3 is 3.00 bits per heavy atom. The van der Waals surface area contributed by atoms with Crippen LogP contribution < -0.4 is 10.6 Å². The molecular formula is C14H16N4OS2. The number of hydrogen-bond donors (Lipinski definition) is 2. The van der Waals surface area contributed by atoms with Crippen LogP contribution in [0.1, 0.15) is 5.56 Å². The number of hydrogen-bond acceptors (Lipinski definition) is 6. The summed E-state index contributed by atoms with van der Waals surface area (Å²) in [7, 11) is 0. The third-order valence-electron chi connectivity index (χ3n) is 2.55. The number of aromatic nitrogens is 2. The van der Waals surface area contributed by atoms with E-state index in [0.717, 1.165) is 20.7 Å². The Bertz CT molecular complexity index is 627. The zero-order valence-corrected chi connectivity index (χ0v) is 13.3. The van der Waals surface area contributed by atoms with E-state index >= 15 is 0 Å². The van der Waals surface area contributed by atoms with E-state index in [1.807, 2.05) is 31.2 Å². The van der Waals surface area contributed by atoms with Crippen LogP contribution in [0.15, 0.2) is 41.3 Å². The minimum atomic E-state index is -0.0508. The summed E-state index contributed by atoms with van der Waals surface area (Å²) < 4.78 is 0.765. The fourth-order valence-corrected chi connectivity index (χ4v) is 3.08. The molecule has 110 valence electrons. The van der Waals surface area contributed by atoms with Gasteiger partial charge in [-0.1, -0.05) is 47.4 Å². The molecule has 21 heavy (non-hydrogen) atoms. The second-order valence-electron chi connectivity index (χ2n) is 4.19. The molecule has 1 aromatic carbocycles. The first-order valence-electron chi connectivity index (χ1n) is 6.35. The Balaban J connectivity index is 1.82. The Labute approximate surface area is 131 Å². The van der Waals surface area contributed by atoms with Crippen molar-refractivity contribution in [1.29, 1.82) is 0 Å². The Hall–Kier alpha value is -1.86. The van der Waals surface area contributed by atoms with Gasteiger partial charge in [-0.2, -0.15) is 0 Å². The van der Waals surface area contributed by atoms with E-state index in [0.29, 0.717) is 12.3 Å². The van der Waals surface area contributed by atoms with Gasteiger partial charge in [-0.05, 0) is 18.6 Å². The maximum Gasteiger partial charge on any atom is 0.234 e. The van der Waals surface area contributed by atoms with Gasteiger partial charge < -0.3 is 10.6 Å². The number of amides is 1. The van der Waals surface area contributed by atoms with Crippen molar-refractivity contribution in [2.45, 2.75) is 11.3 Å². The average molecular weight is 320 g/mol. The van der Waals surface area contributed by atoms with E-state index in [1.54, 1.807) is 6.08 Å². The first kappa shape index (κ1) is 15.5. The van der Waals surface area contributed by atoms with Crippen LogP contribution in [-0.4, -0.2) is 28.4 Å². The summed E-state index contributed by atoms with van der Waals surface area (Å²) >= 11 is 2.80. The van der Waals surface area contributed by atoms with Crippen LogP contribution in [0.25, 0.3) is 0 Å². The molecule has 0 aliphatic heterocycles. The van der Waals surface area contributed by atoms with Crippen molar-refractivity contribution in [2.24, 2.45) is 0 Å². The summed E-state index contributed by atoms with van der Waals surface area (Å²) in [5.41, 5.74) is 1.89. The topological polar surface area (TPSA) is 66.9 Å². The van der Waals surface area contributed by atoms with Gasteiger partial charge >= 0.3 is 0 Å². The molecule has 0 saturated heterocycles. The Morgan fingerprint density at radius 1 is 1.43 bits per heavy atom. The van der Waals surface area contributed by atoms with Crippen LogP contribution in [0.2, 0.25) is 0 Å². The number of rotatable bonds is 7. The van der Waals surface area contributed by atoms with Crippen molar-refractivity contribution in [1.82, 2.24) is 10.2 Å². The van der Waals surface area contributed by atoms with Crippen molar-refractivity contribution in [3.63, 3.8) is 0 Å². The minimum absolute atomic E-state index is 0.0508. The molecule has 0 aliphatic carbocycles. The molecular weight excluding hydrogens is 304 g/mol. The zero-order chi connectivity index (χ0) is 15.1. The van der Waals surface area contributed by atoms with E-state index in [4.69, 9.17) is 0 Å². The first-order chi connectivity index (χ1) is 10.2. The second kappa shape index (κ2) is 7.80. The van der Waals surface area contributed by atoms with Gasteiger partial charge in [0.05, 0.1) is 5.75 Å². The highest BCUT2D eigenvalue weighted by atomic mass is 32.2. The van der Waals surface area contributed by atoms with Crippen molar-refractivity contribution >= 4 is 39.8 Å². The highest BCUT2D eigenvalue weighted by Crippen LogP contribution is 2.25. The molecule has 1 heterocycles. The Morgan fingerprint density at radius 2 is 2.24 bits per heavy atom. The molecule has 0 spiro atoms. The van der Waals surface area contributed by atoms with Gasteiger partial charge in [0.2, 0.25) is 11.0 Å². The average Bonchev–Trinajstić information content (AvgIpc) is 2.93. The highest BCUT2D eigenvalue weighted by Gasteiger charge is 2.08. The fraction of sp³-hybridized carbons (Fsp3) is 0.214. The molecule has 1 amide bonds. The molecule has 2 aromatic rings. The molecule has 2 N–H and O–H groups in total. The van der Waals surface area contributed by atoms with Crippen molar-refractivity contribution in [3.8, 4) is 0 Å². The van der Waals surface area contributed by atoms with Gasteiger partial charge in [0.15, 0.2) is 4.34 Å². The number of anilines is 2. The van der Waals surface area contributed by atoms with Crippen LogP contribution in [0.5, 0.6) is 0 Å². The van der Waals surface area contributed by atoms with Gasteiger partial charge in [-0.25, -0.2) is 0 Å². The number of nitrogens with zero attached hydrogens (tertiary/aromatic N) is 2. The lowest BCUT2D eigenvalue weighted by atomic mass is 10.2. The minimum Gasteiger partial charge on any atom is -0.357 e. The maximum absolute atomic E-state index is 11.9. The van der Waals surface area contributed by atoms with E-state index in [-0.39, 0.29) is 5.91 Å². The molecule has 0 atom stereocenters. The smallest absolute Gasteiger partial charge is 0.234 e. The van der Waals surface area contributed by atoms with Gasteiger partial charge in [0, 0.05) is 12.2 Å². The molecule has 0 unspecified atom stereocenters. The predicted molar refractivity (Wildman–Crippen MR) is 89.1 cm³/mol. The molecule has 2 rings (SSSR count). The van der Waals surface area contributed by atoms with E-state index in [1.165, 1.54) is 23.1 Å². The third-order valence-corrected chi connectivity index (χ3v) is 4.56. The normalized spacial score (nSPS) is 10.1. The summed E-state index contributed by atoms with van der Waals surface area (Å²) in [6.07, 6.45) is 1.75. The van der Waals surface area contributed by atoms with Gasteiger partial charge in [-0.15, -0.1) is 16.8 Å². The molecule has 0 bridgehead atoms. The molecule has 0 aliphatic rings. The molecule has 1 aromatic heterocycles. The Kier molecular flexibility index (Phi) is 5.77. The third kappa shape index (κ3) is 4.87. The monoisotopic (exact) mass is 320 g/mol. The summed E-state index contributed by atoms with van der Waals surface area (Å²) in [5, 5.41) is 14.7. The number of benzene rings is 1. The van der Waals surface area contributed by atoms with E-state index < -0.39 is 0 Å². The van der Waals surface area contributed by atoms with E-state index in [9.17, 15) is 4.79 Å². The van der Waals surface area contributed by atoms with Crippen LogP contribution in [0, 0.1) is 6.92 Å². The molecule has 5 nitrogen and oxygen atoms in total. The summed E-state index contributed by atoms with van der Waals surface area (Å²) in [4.78, 5) is 11.9. The van der Waals surface area contributed by atoms with Crippen LogP contribution in [0.4, 0.5) is 10.8 Å². The largest absolute Gasteiger partial charge is 0.357 e. The van der Waals surface area contributed by atoms with E-state index in [2.05, 4.69) is 27.4 Å². The molecule has 0 radical (unpaired) electrons. The summed E-state index contributed by atoms with van der Waals surface area (Å²) in [5.74, 6) is 0.259. The standard InChI is InChI=1S/C14H16N4OS2/c1-3-8-15-13-17-18-14(21-13)20-9-12(19)16-11-7-5-4-6-10(11)2/h3-7H,1,8-9H2,2H3,(H,15,17)(H,16,19). The maximum atomic E-state index is 11.9. The zero-order valence-electron chi connectivity index (χ0n) is 11.6. The second-order valence-corrected chi connectivity index (χ2v) is 6.39. The van der Waals surface area contributed by atoms with Crippen molar-refractivity contribution in [3.05, 3.63) is 42.5 Å². The molecule has 0 fully saturated rings. The van der Waals surface area contributed by atoms with Gasteiger partial charge in [0.1, 0.15) is 0 Å². The lowest BCUT2D eigenvalue weighted by molar-refractivity contribution is -0.113. The number of para-hydroxylation sites is 1. The lowest BCUT2D eigenvalue weighted by Gasteiger charge is -2.06. The molecule has 0 saturated carbocycles.